The highest BCUT2D eigenvalue weighted by Crippen LogP contribution is 2.26. The van der Waals surface area contributed by atoms with Crippen LogP contribution in [0.1, 0.15) is 39.0 Å². The van der Waals surface area contributed by atoms with Gasteiger partial charge in [0.25, 0.3) is 10.2 Å². The third-order valence-corrected chi connectivity index (χ3v) is 5.80. The molecule has 2 rings (SSSR count). The average molecular weight is 320 g/mol. The van der Waals surface area contributed by atoms with Gasteiger partial charge in [0.1, 0.15) is 6.04 Å². The number of esters is 1. The van der Waals surface area contributed by atoms with Gasteiger partial charge in [0.05, 0.1) is 12.7 Å². The topological polar surface area (TPSA) is 95.9 Å². The molecule has 1 aliphatic heterocycles. The molecule has 3 unspecified atom stereocenters. The summed E-state index contributed by atoms with van der Waals surface area (Å²) in [6.07, 6.45) is 3.17. The summed E-state index contributed by atoms with van der Waals surface area (Å²) < 4.78 is 33.3. The van der Waals surface area contributed by atoms with Gasteiger partial charge in [0.15, 0.2) is 0 Å². The number of aliphatic hydroxyl groups excluding tert-OH is 1. The van der Waals surface area contributed by atoms with Crippen LogP contribution in [0.5, 0.6) is 0 Å². The molecule has 0 bridgehead atoms. The maximum Gasteiger partial charge on any atom is 0.324 e. The second-order valence-corrected chi connectivity index (χ2v) is 7.34. The van der Waals surface area contributed by atoms with Crippen molar-refractivity contribution in [2.24, 2.45) is 5.92 Å². The van der Waals surface area contributed by atoms with Gasteiger partial charge in [-0.15, -0.1) is 0 Å². The van der Waals surface area contributed by atoms with Crippen molar-refractivity contribution >= 4 is 16.2 Å². The molecule has 1 aliphatic carbocycles. The molecular weight excluding hydrogens is 296 g/mol. The zero-order chi connectivity index (χ0) is 15.5. The van der Waals surface area contributed by atoms with Crippen LogP contribution in [0.4, 0.5) is 0 Å². The summed E-state index contributed by atoms with van der Waals surface area (Å²) in [5.74, 6) is -0.523. The Kier molecular flexibility index (Phi) is 5.59. The lowest BCUT2D eigenvalue weighted by Crippen LogP contribution is -2.48. The molecule has 0 aromatic carbocycles. The number of aliphatic hydroxyl groups is 1. The summed E-state index contributed by atoms with van der Waals surface area (Å²) in [7, 11) is -3.71. The monoisotopic (exact) mass is 320 g/mol. The molecule has 3 atom stereocenters. The minimum Gasteiger partial charge on any atom is -0.465 e. The quantitative estimate of drug-likeness (QED) is 0.672. The van der Waals surface area contributed by atoms with Gasteiger partial charge < -0.3 is 9.84 Å². The van der Waals surface area contributed by atoms with E-state index in [0.29, 0.717) is 19.4 Å². The van der Waals surface area contributed by atoms with Crippen molar-refractivity contribution in [1.82, 2.24) is 9.03 Å². The van der Waals surface area contributed by atoms with E-state index in [1.165, 1.54) is 4.31 Å². The molecule has 2 fully saturated rings. The Hall–Kier alpha value is -0.700. The number of rotatable bonds is 6. The first-order chi connectivity index (χ1) is 9.95. The first-order valence-electron chi connectivity index (χ1n) is 7.57. The predicted molar refractivity (Wildman–Crippen MR) is 76.6 cm³/mol. The Morgan fingerprint density at radius 3 is 2.71 bits per heavy atom. The number of carbonyl (C=O) groups excluding carboxylic acids is 1. The Morgan fingerprint density at radius 1 is 1.33 bits per heavy atom. The maximum atomic E-state index is 12.3. The fourth-order valence-electron chi connectivity index (χ4n) is 3.05. The summed E-state index contributed by atoms with van der Waals surface area (Å²) in [5.41, 5.74) is 0. The maximum absolute atomic E-state index is 12.3. The molecule has 0 spiro atoms. The van der Waals surface area contributed by atoms with Crippen molar-refractivity contribution in [2.75, 3.05) is 19.7 Å². The number of hydrogen-bond donors (Lipinski definition) is 2. The third-order valence-electron chi connectivity index (χ3n) is 4.22. The van der Waals surface area contributed by atoms with Gasteiger partial charge in [-0.1, -0.05) is 6.42 Å². The molecule has 21 heavy (non-hydrogen) atoms. The van der Waals surface area contributed by atoms with E-state index >= 15 is 0 Å². The smallest absolute Gasteiger partial charge is 0.324 e. The van der Waals surface area contributed by atoms with E-state index in [0.717, 1.165) is 19.3 Å². The van der Waals surface area contributed by atoms with Crippen LogP contribution in [0.3, 0.4) is 0 Å². The molecular formula is C13H24N2O5S. The molecule has 1 saturated heterocycles. The molecule has 0 amide bonds. The van der Waals surface area contributed by atoms with Gasteiger partial charge >= 0.3 is 5.97 Å². The molecule has 122 valence electrons. The molecule has 2 aliphatic rings. The minimum absolute atomic E-state index is 0.0385. The Morgan fingerprint density at radius 2 is 2.10 bits per heavy atom. The van der Waals surface area contributed by atoms with E-state index in [1.807, 2.05) is 0 Å². The van der Waals surface area contributed by atoms with E-state index < -0.39 is 28.3 Å². The van der Waals surface area contributed by atoms with Crippen molar-refractivity contribution < 1.29 is 23.1 Å². The highest BCUT2D eigenvalue weighted by atomic mass is 32.2. The first-order valence-corrected chi connectivity index (χ1v) is 9.01. The van der Waals surface area contributed by atoms with Gasteiger partial charge in [-0.05, 0) is 38.5 Å². The lowest BCUT2D eigenvalue weighted by molar-refractivity contribution is -0.146. The van der Waals surface area contributed by atoms with Crippen molar-refractivity contribution in [3.05, 3.63) is 0 Å². The molecule has 0 aromatic rings. The van der Waals surface area contributed by atoms with E-state index in [4.69, 9.17) is 4.74 Å². The Bertz CT molecular complexity index is 467. The molecule has 2 N–H and O–H groups in total. The zero-order valence-corrected chi connectivity index (χ0v) is 13.1. The Labute approximate surface area is 125 Å². The average Bonchev–Trinajstić information content (AvgIpc) is 3.05. The standard InChI is InChI=1S/C13H24N2O5S/c1-2-20-13(17)11-6-4-8-15(11)21(18,19)14-9-10-5-3-7-12(10)16/h10-12,14,16H,2-9H2,1H3. The highest BCUT2D eigenvalue weighted by molar-refractivity contribution is 7.87. The van der Waals surface area contributed by atoms with Crippen LogP contribution in [0.25, 0.3) is 0 Å². The number of ether oxygens (including phenoxy) is 1. The summed E-state index contributed by atoms with van der Waals surface area (Å²) in [5, 5.41) is 9.74. The fraction of sp³-hybridized carbons (Fsp3) is 0.923. The van der Waals surface area contributed by atoms with Gasteiger partial charge in [-0.25, -0.2) is 4.72 Å². The lowest BCUT2D eigenvalue weighted by Gasteiger charge is -2.24. The second kappa shape index (κ2) is 7.04. The first kappa shape index (κ1) is 16.7. The number of carbonyl (C=O) groups is 1. The van der Waals surface area contributed by atoms with E-state index in [9.17, 15) is 18.3 Å². The van der Waals surface area contributed by atoms with Crippen LogP contribution in [0.2, 0.25) is 0 Å². The minimum atomic E-state index is -3.71. The summed E-state index contributed by atoms with van der Waals surface area (Å²) in [6.45, 7) is 2.48. The normalized spacial score (nSPS) is 30.7. The summed E-state index contributed by atoms with van der Waals surface area (Å²) in [6, 6.07) is -0.726. The number of nitrogens with one attached hydrogen (secondary N) is 1. The number of hydrogen-bond acceptors (Lipinski definition) is 5. The number of nitrogens with zero attached hydrogens (tertiary/aromatic N) is 1. The van der Waals surface area contributed by atoms with Crippen LogP contribution in [-0.4, -0.2) is 55.6 Å². The SMILES string of the molecule is CCOC(=O)C1CCCN1S(=O)(=O)NCC1CCCC1O. The van der Waals surface area contributed by atoms with Crippen molar-refractivity contribution in [3.8, 4) is 0 Å². The molecule has 1 heterocycles. The van der Waals surface area contributed by atoms with Gasteiger partial charge in [-0.3, -0.25) is 4.79 Å². The third kappa shape index (κ3) is 3.94. The highest BCUT2D eigenvalue weighted by Gasteiger charge is 2.40. The van der Waals surface area contributed by atoms with Crippen molar-refractivity contribution in [2.45, 2.75) is 51.2 Å². The molecule has 7 nitrogen and oxygen atoms in total. The van der Waals surface area contributed by atoms with Gasteiger partial charge in [0.2, 0.25) is 0 Å². The van der Waals surface area contributed by atoms with E-state index in [2.05, 4.69) is 4.72 Å². The fourth-order valence-corrected chi connectivity index (χ4v) is 4.54. The van der Waals surface area contributed by atoms with Crippen LogP contribution < -0.4 is 4.72 Å². The van der Waals surface area contributed by atoms with Crippen LogP contribution in [0.15, 0.2) is 0 Å². The van der Waals surface area contributed by atoms with E-state index in [-0.39, 0.29) is 19.1 Å². The van der Waals surface area contributed by atoms with Crippen LogP contribution in [-0.2, 0) is 19.7 Å². The van der Waals surface area contributed by atoms with Crippen molar-refractivity contribution in [3.63, 3.8) is 0 Å². The molecule has 8 heteroatoms. The van der Waals surface area contributed by atoms with Crippen LogP contribution in [0, 0.1) is 5.92 Å². The molecule has 0 radical (unpaired) electrons. The summed E-state index contributed by atoms with van der Waals surface area (Å²) in [4.78, 5) is 11.8. The van der Waals surface area contributed by atoms with Crippen molar-refractivity contribution in [1.29, 1.82) is 0 Å². The molecule has 1 saturated carbocycles. The van der Waals surface area contributed by atoms with Crippen LogP contribution >= 0.6 is 0 Å². The summed E-state index contributed by atoms with van der Waals surface area (Å²) >= 11 is 0. The molecule has 0 aromatic heterocycles. The van der Waals surface area contributed by atoms with Gasteiger partial charge in [0, 0.05) is 13.1 Å². The zero-order valence-electron chi connectivity index (χ0n) is 12.3. The predicted octanol–water partition coefficient (Wildman–Crippen LogP) is 0.00930. The Balaban J connectivity index is 1.96. The largest absolute Gasteiger partial charge is 0.465 e. The van der Waals surface area contributed by atoms with Gasteiger partial charge in [-0.2, -0.15) is 12.7 Å². The second-order valence-electron chi connectivity index (χ2n) is 5.63. The lowest BCUT2D eigenvalue weighted by atomic mass is 10.1. The van der Waals surface area contributed by atoms with E-state index in [1.54, 1.807) is 6.92 Å².